The van der Waals surface area contributed by atoms with Crippen molar-refractivity contribution in [2.24, 2.45) is 5.73 Å². The summed E-state index contributed by atoms with van der Waals surface area (Å²) in [6.07, 6.45) is 0.852. The standard InChI is InChI=1S/C12H22N6O2/c1-5-6-20-12-16-10(14-4)15-11(17-12)18(8(2)3)7-9(13)19/h8H,5-7H2,1-4H3,(H2,13,19)(H,14,15,16,17). The van der Waals surface area contributed by atoms with Crippen LogP contribution in [0.5, 0.6) is 6.01 Å². The third kappa shape index (κ3) is 4.52. The number of nitrogens with two attached hydrogens (primary N) is 1. The molecule has 1 aromatic heterocycles. The monoisotopic (exact) mass is 282 g/mol. The van der Waals surface area contributed by atoms with E-state index in [0.717, 1.165) is 6.42 Å². The minimum atomic E-state index is -0.443. The maximum absolute atomic E-state index is 11.2. The summed E-state index contributed by atoms with van der Waals surface area (Å²) in [6, 6.07) is 0.255. The number of nitrogens with one attached hydrogen (secondary N) is 1. The first-order valence-corrected chi connectivity index (χ1v) is 6.59. The molecule has 0 aliphatic rings. The SMILES string of the molecule is CCCOc1nc(NC)nc(N(CC(N)=O)C(C)C)n1. The summed E-state index contributed by atoms with van der Waals surface area (Å²) in [5, 5.41) is 2.85. The molecule has 0 aliphatic heterocycles. The molecule has 8 heteroatoms. The van der Waals surface area contributed by atoms with Crippen LogP contribution in [-0.2, 0) is 4.79 Å². The van der Waals surface area contributed by atoms with Gasteiger partial charge in [0.05, 0.1) is 13.2 Å². The average molecular weight is 282 g/mol. The van der Waals surface area contributed by atoms with Gasteiger partial charge in [-0.05, 0) is 20.3 Å². The highest BCUT2D eigenvalue weighted by molar-refractivity contribution is 5.79. The summed E-state index contributed by atoms with van der Waals surface area (Å²) in [5.74, 6) is 0.307. The van der Waals surface area contributed by atoms with Gasteiger partial charge in [-0.1, -0.05) is 6.92 Å². The van der Waals surface area contributed by atoms with Crippen molar-refractivity contribution in [1.29, 1.82) is 0 Å². The summed E-state index contributed by atoms with van der Waals surface area (Å²) < 4.78 is 5.43. The summed E-state index contributed by atoms with van der Waals surface area (Å²) in [4.78, 5) is 25.4. The van der Waals surface area contributed by atoms with Crippen LogP contribution in [0.4, 0.5) is 11.9 Å². The van der Waals surface area contributed by atoms with Crippen LogP contribution in [0.1, 0.15) is 27.2 Å². The van der Waals surface area contributed by atoms with E-state index in [1.165, 1.54) is 0 Å². The molecular weight excluding hydrogens is 260 g/mol. The Labute approximate surface area is 118 Å². The minimum Gasteiger partial charge on any atom is -0.463 e. The Balaban J connectivity index is 3.08. The lowest BCUT2D eigenvalue weighted by molar-refractivity contribution is -0.116. The number of carbonyl (C=O) groups is 1. The number of nitrogens with zero attached hydrogens (tertiary/aromatic N) is 4. The van der Waals surface area contributed by atoms with Gasteiger partial charge in [0.1, 0.15) is 0 Å². The zero-order valence-electron chi connectivity index (χ0n) is 12.4. The highest BCUT2D eigenvalue weighted by Gasteiger charge is 2.18. The molecular formula is C12H22N6O2. The molecule has 0 radical (unpaired) electrons. The van der Waals surface area contributed by atoms with Gasteiger partial charge in [0.2, 0.25) is 17.8 Å². The van der Waals surface area contributed by atoms with Gasteiger partial charge in [-0.2, -0.15) is 15.0 Å². The number of amides is 1. The van der Waals surface area contributed by atoms with E-state index in [1.807, 2.05) is 20.8 Å². The topological polar surface area (TPSA) is 106 Å². The second-order valence-electron chi connectivity index (χ2n) is 4.53. The van der Waals surface area contributed by atoms with Gasteiger partial charge in [0.15, 0.2) is 0 Å². The summed E-state index contributed by atoms with van der Waals surface area (Å²) in [6.45, 7) is 6.41. The number of primary amides is 1. The van der Waals surface area contributed by atoms with Crippen LogP contribution >= 0.6 is 0 Å². The number of hydrogen-bond acceptors (Lipinski definition) is 7. The number of rotatable bonds is 8. The van der Waals surface area contributed by atoms with E-state index in [9.17, 15) is 4.79 Å². The molecule has 1 heterocycles. The predicted octanol–water partition coefficient (Wildman–Crippen LogP) is 0.402. The van der Waals surface area contributed by atoms with E-state index in [2.05, 4.69) is 20.3 Å². The average Bonchev–Trinajstić information content (AvgIpc) is 2.41. The fourth-order valence-electron chi connectivity index (χ4n) is 1.50. The lowest BCUT2D eigenvalue weighted by Gasteiger charge is -2.25. The molecule has 1 aromatic rings. The van der Waals surface area contributed by atoms with Crippen molar-refractivity contribution in [2.45, 2.75) is 33.2 Å². The molecule has 0 fully saturated rings. The van der Waals surface area contributed by atoms with E-state index < -0.39 is 5.91 Å². The number of aromatic nitrogens is 3. The molecule has 0 atom stereocenters. The van der Waals surface area contributed by atoms with Crippen molar-refractivity contribution in [1.82, 2.24) is 15.0 Å². The molecule has 0 bridgehead atoms. The van der Waals surface area contributed by atoms with E-state index in [1.54, 1.807) is 11.9 Å². The van der Waals surface area contributed by atoms with Crippen LogP contribution in [0.2, 0.25) is 0 Å². The van der Waals surface area contributed by atoms with E-state index in [0.29, 0.717) is 18.5 Å². The largest absolute Gasteiger partial charge is 0.463 e. The Morgan fingerprint density at radius 2 is 2.10 bits per heavy atom. The van der Waals surface area contributed by atoms with E-state index >= 15 is 0 Å². The van der Waals surface area contributed by atoms with E-state index in [4.69, 9.17) is 10.5 Å². The zero-order valence-corrected chi connectivity index (χ0v) is 12.4. The van der Waals surface area contributed by atoms with Gasteiger partial charge in [-0.15, -0.1) is 0 Å². The number of hydrogen-bond donors (Lipinski definition) is 2. The molecule has 20 heavy (non-hydrogen) atoms. The van der Waals surface area contributed by atoms with Crippen LogP contribution in [0.3, 0.4) is 0 Å². The van der Waals surface area contributed by atoms with Gasteiger partial charge in [-0.25, -0.2) is 0 Å². The van der Waals surface area contributed by atoms with Crippen molar-refractivity contribution in [3.8, 4) is 6.01 Å². The molecule has 3 N–H and O–H groups in total. The quantitative estimate of drug-likeness (QED) is 0.710. The van der Waals surface area contributed by atoms with Crippen molar-refractivity contribution in [3.05, 3.63) is 0 Å². The smallest absolute Gasteiger partial charge is 0.323 e. The van der Waals surface area contributed by atoms with Crippen LogP contribution in [0.25, 0.3) is 0 Å². The molecule has 1 amide bonds. The first kappa shape index (κ1) is 15.9. The molecule has 1 rings (SSSR count). The molecule has 0 saturated heterocycles. The molecule has 0 saturated carbocycles. The molecule has 8 nitrogen and oxygen atoms in total. The fraction of sp³-hybridized carbons (Fsp3) is 0.667. The normalized spacial score (nSPS) is 10.4. The van der Waals surface area contributed by atoms with Crippen molar-refractivity contribution in [2.75, 3.05) is 30.4 Å². The molecule has 0 spiro atoms. The summed E-state index contributed by atoms with van der Waals surface area (Å²) >= 11 is 0. The fourth-order valence-corrected chi connectivity index (χ4v) is 1.50. The Hall–Kier alpha value is -2.12. The lowest BCUT2D eigenvalue weighted by Crippen LogP contribution is -2.39. The van der Waals surface area contributed by atoms with Gasteiger partial charge in [0.25, 0.3) is 0 Å². The van der Waals surface area contributed by atoms with Gasteiger partial charge in [-0.3, -0.25) is 4.79 Å². The first-order chi connectivity index (χ1) is 9.47. The van der Waals surface area contributed by atoms with E-state index in [-0.39, 0.29) is 18.6 Å². The zero-order chi connectivity index (χ0) is 15.1. The van der Waals surface area contributed by atoms with Crippen LogP contribution < -0.4 is 20.7 Å². The second kappa shape index (κ2) is 7.46. The minimum absolute atomic E-state index is 0.0219. The third-order valence-electron chi connectivity index (χ3n) is 2.47. The van der Waals surface area contributed by atoms with Crippen molar-refractivity contribution in [3.63, 3.8) is 0 Å². The Morgan fingerprint density at radius 1 is 1.40 bits per heavy atom. The highest BCUT2D eigenvalue weighted by atomic mass is 16.5. The van der Waals surface area contributed by atoms with Crippen LogP contribution in [0, 0.1) is 0 Å². The van der Waals surface area contributed by atoms with Gasteiger partial charge < -0.3 is 20.7 Å². The Bertz CT molecular complexity index is 452. The maximum Gasteiger partial charge on any atom is 0.323 e. The number of carbonyl (C=O) groups excluding carboxylic acids is 1. The summed E-state index contributed by atoms with van der Waals surface area (Å²) in [5.41, 5.74) is 5.26. The highest BCUT2D eigenvalue weighted by Crippen LogP contribution is 2.16. The van der Waals surface area contributed by atoms with Gasteiger partial charge >= 0.3 is 6.01 Å². The molecule has 0 unspecified atom stereocenters. The Kier molecular flexibility index (Phi) is 5.95. The van der Waals surface area contributed by atoms with Crippen molar-refractivity contribution < 1.29 is 9.53 Å². The summed E-state index contributed by atoms with van der Waals surface area (Å²) in [7, 11) is 1.70. The number of ether oxygens (including phenoxy) is 1. The van der Waals surface area contributed by atoms with Gasteiger partial charge in [0, 0.05) is 13.1 Å². The Morgan fingerprint density at radius 3 is 2.60 bits per heavy atom. The molecule has 0 aromatic carbocycles. The second-order valence-corrected chi connectivity index (χ2v) is 4.53. The number of anilines is 2. The van der Waals surface area contributed by atoms with Crippen LogP contribution in [-0.4, -0.2) is 47.1 Å². The third-order valence-corrected chi connectivity index (χ3v) is 2.47. The first-order valence-electron chi connectivity index (χ1n) is 6.59. The maximum atomic E-state index is 11.2. The molecule has 0 aliphatic carbocycles. The lowest BCUT2D eigenvalue weighted by atomic mass is 10.3. The predicted molar refractivity (Wildman–Crippen MR) is 76.8 cm³/mol. The van der Waals surface area contributed by atoms with Crippen LogP contribution in [0.15, 0.2) is 0 Å². The van der Waals surface area contributed by atoms with Crippen molar-refractivity contribution >= 4 is 17.8 Å². The molecule has 112 valence electrons.